The first kappa shape index (κ1) is 24.3. The van der Waals surface area contributed by atoms with Crippen molar-refractivity contribution in [1.29, 1.82) is 0 Å². The lowest BCUT2D eigenvalue weighted by molar-refractivity contribution is -0.144. The van der Waals surface area contributed by atoms with E-state index in [1.807, 2.05) is 0 Å². The molecule has 1 unspecified atom stereocenters. The Balaban J connectivity index is 2.05. The molecule has 0 aliphatic heterocycles. The lowest BCUT2D eigenvalue weighted by Crippen LogP contribution is -2.47. The molecule has 1 aromatic heterocycles. The number of carbonyl (C=O) groups is 2. The summed E-state index contributed by atoms with van der Waals surface area (Å²) < 4.78 is 6.59. The minimum absolute atomic E-state index is 0.211. The number of nitrogens with one attached hydrogen (secondary N) is 1. The molecule has 7 heteroatoms. The number of methoxy groups -OCH3 is 1. The van der Waals surface area contributed by atoms with Crippen LogP contribution in [0, 0.1) is 11.8 Å². The van der Waals surface area contributed by atoms with Crippen molar-refractivity contribution in [1.82, 2.24) is 9.88 Å². The van der Waals surface area contributed by atoms with Gasteiger partial charge in [0, 0.05) is 17.8 Å². The Morgan fingerprint density at radius 3 is 2.31 bits per heavy atom. The Hall–Kier alpha value is -2.31. The maximum absolute atomic E-state index is 13.6. The van der Waals surface area contributed by atoms with Gasteiger partial charge in [-0.1, -0.05) is 46.0 Å². The summed E-state index contributed by atoms with van der Waals surface area (Å²) in [6, 6.07) is -0.889. The molecule has 178 valence electrons. The number of aromatic nitrogens is 1. The molecule has 1 amide bonds. The second kappa shape index (κ2) is 11.0. The molecule has 1 fully saturated rings. The van der Waals surface area contributed by atoms with E-state index in [1.165, 1.54) is 26.4 Å². The molecule has 0 radical (unpaired) electrons. The van der Waals surface area contributed by atoms with Crippen molar-refractivity contribution in [2.45, 2.75) is 97.1 Å². The van der Waals surface area contributed by atoms with Crippen LogP contribution >= 0.6 is 0 Å². The summed E-state index contributed by atoms with van der Waals surface area (Å²) in [5, 5.41) is 13.7. The molecule has 1 atom stereocenters. The van der Waals surface area contributed by atoms with Gasteiger partial charge < -0.3 is 19.7 Å². The van der Waals surface area contributed by atoms with Crippen LogP contribution in [-0.4, -0.2) is 34.7 Å². The van der Waals surface area contributed by atoms with Gasteiger partial charge in [0.1, 0.15) is 17.4 Å². The van der Waals surface area contributed by atoms with Gasteiger partial charge in [0.15, 0.2) is 0 Å². The number of hydrogen-bond acceptors (Lipinski definition) is 5. The van der Waals surface area contributed by atoms with Gasteiger partial charge in [-0.25, -0.2) is 4.79 Å². The summed E-state index contributed by atoms with van der Waals surface area (Å²) in [5.74, 6) is -1.30. The normalized spacial score (nSPS) is 18.4. The van der Waals surface area contributed by atoms with Gasteiger partial charge in [-0.2, -0.15) is 0 Å². The SMILES string of the molecule is COC(=O)C(NC(=O)c1c(O)c2c(n(CC3CCCCC3)c1=O)CCCCCC2)C(C)C. The topological polar surface area (TPSA) is 97.6 Å². The summed E-state index contributed by atoms with van der Waals surface area (Å²) in [6.07, 6.45) is 11.2. The average Bonchev–Trinajstić information content (AvgIpc) is 2.75. The summed E-state index contributed by atoms with van der Waals surface area (Å²) >= 11 is 0. The van der Waals surface area contributed by atoms with Gasteiger partial charge >= 0.3 is 5.97 Å². The van der Waals surface area contributed by atoms with Crippen LogP contribution in [0.4, 0.5) is 0 Å². The molecule has 0 bridgehead atoms. The molecule has 32 heavy (non-hydrogen) atoms. The number of carbonyl (C=O) groups excluding carboxylic acids is 2. The lowest BCUT2D eigenvalue weighted by Gasteiger charge is -2.27. The van der Waals surface area contributed by atoms with Gasteiger partial charge in [0.25, 0.3) is 11.5 Å². The lowest BCUT2D eigenvalue weighted by atomic mass is 9.88. The van der Waals surface area contributed by atoms with Crippen molar-refractivity contribution in [2.75, 3.05) is 7.11 Å². The first-order chi connectivity index (χ1) is 15.3. The third-order valence-corrected chi connectivity index (χ3v) is 7.05. The molecular formula is C25H38N2O5. The molecule has 1 aromatic rings. The van der Waals surface area contributed by atoms with E-state index in [1.54, 1.807) is 18.4 Å². The van der Waals surface area contributed by atoms with Crippen LogP contribution in [0.3, 0.4) is 0 Å². The molecule has 2 aliphatic rings. The maximum Gasteiger partial charge on any atom is 0.328 e. The molecule has 0 aromatic carbocycles. The molecule has 1 saturated carbocycles. The van der Waals surface area contributed by atoms with Gasteiger partial charge in [0.05, 0.1) is 7.11 Å². The number of pyridine rings is 1. The predicted octanol–water partition coefficient (Wildman–Crippen LogP) is 3.72. The minimum Gasteiger partial charge on any atom is -0.507 e. The van der Waals surface area contributed by atoms with Gasteiger partial charge in [-0.15, -0.1) is 0 Å². The Kier molecular flexibility index (Phi) is 8.38. The van der Waals surface area contributed by atoms with Crippen molar-refractivity contribution >= 4 is 11.9 Å². The fourth-order valence-corrected chi connectivity index (χ4v) is 5.17. The summed E-state index contributed by atoms with van der Waals surface area (Å²) in [7, 11) is 1.27. The smallest absolute Gasteiger partial charge is 0.328 e. The van der Waals surface area contributed by atoms with Crippen LogP contribution in [0.5, 0.6) is 5.75 Å². The zero-order valence-electron chi connectivity index (χ0n) is 19.7. The van der Waals surface area contributed by atoms with Crippen LogP contribution in [0.25, 0.3) is 0 Å². The third kappa shape index (κ3) is 5.36. The zero-order chi connectivity index (χ0) is 23.3. The van der Waals surface area contributed by atoms with Crippen molar-refractivity contribution in [3.8, 4) is 5.75 Å². The van der Waals surface area contributed by atoms with Crippen molar-refractivity contribution in [2.24, 2.45) is 11.8 Å². The molecule has 1 heterocycles. The Bertz CT molecular complexity index is 883. The van der Waals surface area contributed by atoms with Crippen molar-refractivity contribution < 1.29 is 19.4 Å². The highest BCUT2D eigenvalue weighted by Crippen LogP contribution is 2.31. The van der Waals surface area contributed by atoms with Crippen LogP contribution in [0.15, 0.2) is 4.79 Å². The number of aromatic hydroxyl groups is 1. The Morgan fingerprint density at radius 1 is 1.06 bits per heavy atom. The van der Waals surface area contributed by atoms with Crippen LogP contribution < -0.4 is 10.9 Å². The van der Waals surface area contributed by atoms with E-state index in [9.17, 15) is 19.5 Å². The Labute approximate surface area is 190 Å². The minimum atomic E-state index is -0.889. The van der Waals surface area contributed by atoms with Gasteiger partial charge in [-0.05, 0) is 50.4 Å². The number of fused-ring (bicyclic) bond motifs is 1. The second-order valence-electron chi connectivity index (χ2n) is 9.70. The van der Waals surface area contributed by atoms with E-state index >= 15 is 0 Å². The largest absolute Gasteiger partial charge is 0.507 e. The molecular weight excluding hydrogens is 408 g/mol. The van der Waals surface area contributed by atoms with Crippen molar-refractivity contribution in [3.05, 3.63) is 27.2 Å². The number of rotatable bonds is 6. The van der Waals surface area contributed by atoms with E-state index in [0.29, 0.717) is 18.9 Å². The molecule has 0 saturated heterocycles. The third-order valence-electron chi connectivity index (χ3n) is 7.05. The first-order valence-electron chi connectivity index (χ1n) is 12.2. The predicted molar refractivity (Wildman–Crippen MR) is 123 cm³/mol. The zero-order valence-corrected chi connectivity index (χ0v) is 19.7. The number of hydrogen-bond donors (Lipinski definition) is 2. The van der Waals surface area contributed by atoms with E-state index in [2.05, 4.69) is 5.32 Å². The fourth-order valence-electron chi connectivity index (χ4n) is 5.17. The van der Waals surface area contributed by atoms with E-state index < -0.39 is 23.5 Å². The van der Waals surface area contributed by atoms with Gasteiger partial charge in [-0.3, -0.25) is 9.59 Å². The number of nitrogens with zero attached hydrogens (tertiary/aromatic N) is 1. The van der Waals surface area contributed by atoms with Crippen molar-refractivity contribution in [3.63, 3.8) is 0 Å². The summed E-state index contributed by atoms with van der Waals surface area (Å²) in [5.41, 5.74) is 0.930. The summed E-state index contributed by atoms with van der Waals surface area (Å²) in [6.45, 7) is 4.18. The molecule has 2 aliphatic carbocycles. The monoisotopic (exact) mass is 446 g/mol. The molecule has 3 rings (SSSR count). The standard InChI is InChI=1S/C25H38N2O5/c1-16(2)21(25(31)32-3)26-23(29)20-22(28)18-13-9-4-5-10-14-19(18)27(24(20)30)15-17-11-7-6-8-12-17/h16-17,21,28H,4-15H2,1-3H3,(H,26,29). The van der Waals surface area contributed by atoms with E-state index in [4.69, 9.17) is 4.74 Å². The highest BCUT2D eigenvalue weighted by atomic mass is 16.5. The Morgan fingerprint density at radius 2 is 1.69 bits per heavy atom. The maximum atomic E-state index is 13.6. The van der Waals surface area contributed by atoms with Crippen LogP contribution in [0.2, 0.25) is 0 Å². The van der Waals surface area contributed by atoms with Crippen LogP contribution in [-0.2, 0) is 28.9 Å². The quantitative estimate of drug-likeness (QED) is 0.649. The number of esters is 1. The molecule has 2 N–H and O–H groups in total. The van der Waals surface area contributed by atoms with Crippen LogP contribution in [0.1, 0.15) is 93.3 Å². The summed E-state index contributed by atoms with van der Waals surface area (Å²) in [4.78, 5) is 39.0. The molecule has 0 spiro atoms. The van der Waals surface area contributed by atoms with E-state index in [-0.39, 0.29) is 17.2 Å². The van der Waals surface area contributed by atoms with E-state index in [0.717, 1.165) is 56.2 Å². The highest BCUT2D eigenvalue weighted by molar-refractivity contribution is 5.99. The highest BCUT2D eigenvalue weighted by Gasteiger charge is 2.31. The molecule has 7 nitrogen and oxygen atoms in total. The number of amides is 1. The first-order valence-corrected chi connectivity index (χ1v) is 12.2. The van der Waals surface area contributed by atoms with Gasteiger partial charge in [0.2, 0.25) is 0 Å². The number of ether oxygens (including phenoxy) is 1. The second-order valence-corrected chi connectivity index (χ2v) is 9.70. The fraction of sp³-hybridized carbons (Fsp3) is 0.720. The average molecular weight is 447 g/mol.